The third-order valence-electron chi connectivity index (χ3n) is 3.63. The lowest BCUT2D eigenvalue weighted by atomic mass is 9.74. The van der Waals surface area contributed by atoms with Gasteiger partial charge >= 0.3 is 0 Å². The van der Waals surface area contributed by atoms with Crippen molar-refractivity contribution in [3.8, 4) is 0 Å². The lowest BCUT2D eigenvalue weighted by molar-refractivity contribution is 0.235. The molecule has 88 valence electrons. The maximum Gasteiger partial charge on any atom is 0.0207 e. The van der Waals surface area contributed by atoms with E-state index in [1.54, 1.807) is 0 Å². The highest BCUT2D eigenvalue weighted by Gasteiger charge is 2.31. The summed E-state index contributed by atoms with van der Waals surface area (Å²) < 4.78 is 1.19. The van der Waals surface area contributed by atoms with Crippen molar-refractivity contribution in [2.45, 2.75) is 44.6 Å². The van der Waals surface area contributed by atoms with Gasteiger partial charge in [-0.1, -0.05) is 53.9 Å². The van der Waals surface area contributed by atoms with E-state index in [2.05, 4.69) is 47.1 Å². The van der Waals surface area contributed by atoms with Crippen LogP contribution in [0, 0.1) is 5.92 Å². The Morgan fingerprint density at radius 2 is 2.19 bits per heavy atom. The molecule has 0 bridgehead atoms. The number of nitrogens with two attached hydrogens (primary N) is 1. The normalized spacial score (nSPS) is 30.3. The highest BCUT2D eigenvalue weighted by molar-refractivity contribution is 9.10. The summed E-state index contributed by atoms with van der Waals surface area (Å²) in [6, 6.07) is 8.43. The second-order valence-electron chi connectivity index (χ2n) is 5.33. The van der Waals surface area contributed by atoms with E-state index in [1.807, 2.05) is 0 Å². The van der Waals surface area contributed by atoms with Crippen LogP contribution in [0.15, 0.2) is 28.7 Å². The van der Waals surface area contributed by atoms with Crippen molar-refractivity contribution in [1.29, 1.82) is 0 Å². The minimum Gasteiger partial charge on any atom is -0.325 e. The van der Waals surface area contributed by atoms with Gasteiger partial charge in [0.1, 0.15) is 0 Å². The maximum absolute atomic E-state index is 6.53. The van der Waals surface area contributed by atoms with Gasteiger partial charge in [0.2, 0.25) is 0 Å². The van der Waals surface area contributed by atoms with Crippen molar-refractivity contribution in [3.63, 3.8) is 0 Å². The SMILES string of the molecule is CC1CCCC(N)(Cc2ccccc2Br)C1. The van der Waals surface area contributed by atoms with E-state index in [1.165, 1.54) is 29.3 Å². The lowest BCUT2D eigenvalue weighted by Gasteiger charge is -2.37. The predicted octanol–water partition coefficient (Wildman–Crippen LogP) is 3.90. The van der Waals surface area contributed by atoms with Crippen LogP contribution in [0.4, 0.5) is 0 Å². The van der Waals surface area contributed by atoms with Gasteiger partial charge in [-0.3, -0.25) is 0 Å². The van der Waals surface area contributed by atoms with Crippen molar-refractivity contribution in [2.24, 2.45) is 11.7 Å². The van der Waals surface area contributed by atoms with Crippen LogP contribution in [0.3, 0.4) is 0 Å². The van der Waals surface area contributed by atoms with Crippen LogP contribution >= 0.6 is 15.9 Å². The molecule has 0 spiro atoms. The van der Waals surface area contributed by atoms with Gasteiger partial charge in [0.15, 0.2) is 0 Å². The zero-order chi connectivity index (χ0) is 11.6. The van der Waals surface area contributed by atoms with Gasteiger partial charge in [0.05, 0.1) is 0 Å². The molecule has 0 radical (unpaired) electrons. The fourth-order valence-corrected chi connectivity index (χ4v) is 3.31. The standard InChI is InChI=1S/C14H20BrN/c1-11-5-4-8-14(16,9-11)10-12-6-2-3-7-13(12)15/h2-3,6-7,11H,4-5,8-10,16H2,1H3. The number of hydrogen-bond acceptors (Lipinski definition) is 1. The topological polar surface area (TPSA) is 26.0 Å². The molecule has 16 heavy (non-hydrogen) atoms. The molecule has 2 rings (SSSR count). The summed E-state index contributed by atoms with van der Waals surface area (Å²) in [5, 5.41) is 0. The van der Waals surface area contributed by atoms with E-state index in [-0.39, 0.29) is 5.54 Å². The van der Waals surface area contributed by atoms with E-state index >= 15 is 0 Å². The van der Waals surface area contributed by atoms with Gasteiger partial charge in [0, 0.05) is 10.0 Å². The van der Waals surface area contributed by atoms with Crippen LogP contribution < -0.4 is 5.73 Å². The first-order valence-corrected chi connectivity index (χ1v) is 6.91. The van der Waals surface area contributed by atoms with Crippen molar-refractivity contribution in [1.82, 2.24) is 0 Å². The molecular weight excluding hydrogens is 262 g/mol. The van der Waals surface area contributed by atoms with Gasteiger partial charge in [-0.25, -0.2) is 0 Å². The summed E-state index contributed by atoms with van der Waals surface area (Å²) in [5.41, 5.74) is 7.89. The van der Waals surface area contributed by atoms with E-state index in [9.17, 15) is 0 Å². The molecule has 2 unspecified atom stereocenters. The van der Waals surface area contributed by atoms with E-state index in [0.29, 0.717) is 0 Å². The molecule has 1 aliphatic rings. The summed E-state index contributed by atoms with van der Waals surface area (Å²) in [6.45, 7) is 2.32. The Hall–Kier alpha value is -0.340. The fraction of sp³-hybridized carbons (Fsp3) is 0.571. The maximum atomic E-state index is 6.53. The van der Waals surface area contributed by atoms with Crippen LogP contribution in [-0.4, -0.2) is 5.54 Å². The van der Waals surface area contributed by atoms with Gasteiger partial charge in [0.25, 0.3) is 0 Å². The highest BCUT2D eigenvalue weighted by atomic mass is 79.9. The molecule has 1 aromatic carbocycles. The first kappa shape index (κ1) is 12.1. The summed E-state index contributed by atoms with van der Waals surface area (Å²) in [7, 11) is 0. The second kappa shape index (κ2) is 4.89. The molecule has 1 aromatic rings. The van der Waals surface area contributed by atoms with Gasteiger partial charge in [-0.2, -0.15) is 0 Å². The number of benzene rings is 1. The van der Waals surface area contributed by atoms with Crippen LogP contribution in [0.5, 0.6) is 0 Å². The number of hydrogen-bond donors (Lipinski definition) is 1. The Bertz CT molecular complexity index is 364. The quantitative estimate of drug-likeness (QED) is 0.874. The average molecular weight is 282 g/mol. The molecule has 0 aromatic heterocycles. The molecule has 0 aliphatic heterocycles. The van der Waals surface area contributed by atoms with Crippen LogP contribution in [0.2, 0.25) is 0 Å². The fourth-order valence-electron chi connectivity index (χ4n) is 2.88. The van der Waals surface area contributed by atoms with E-state index in [4.69, 9.17) is 5.73 Å². The molecule has 2 atom stereocenters. The van der Waals surface area contributed by atoms with Gasteiger partial charge in [-0.05, 0) is 36.8 Å². The molecule has 1 nitrogen and oxygen atoms in total. The molecule has 2 N–H and O–H groups in total. The highest BCUT2D eigenvalue weighted by Crippen LogP contribution is 2.34. The van der Waals surface area contributed by atoms with Crippen LogP contribution in [0.1, 0.15) is 38.2 Å². The molecule has 1 aliphatic carbocycles. The Kier molecular flexibility index (Phi) is 3.70. The molecule has 0 heterocycles. The monoisotopic (exact) mass is 281 g/mol. The van der Waals surface area contributed by atoms with Crippen molar-refractivity contribution in [2.75, 3.05) is 0 Å². The Labute approximate surface area is 107 Å². The molecule has 0 amide bonds. The molecule has 1 saturated carbocycles. The van der Waals surface area contributed by atoms with Crippen molar-refractivity contribution < 1.29 is 0 Å². The zero-order valence-corrected chi connectivity index (χ0v) is 11.5. The van der Waals surface area contributed by atoms with E-state index < -0.39 is 0 Å². The summed E-state index contributed by atoms with van der Waals surface area (Å²) in [5.74, 6) is 0.779. The predicted molar refractivity (Wildman–Crippen MR) is 72.4 cm³/mol. The first-order valence-electron chi connectivity index (χ1n) is 6.11. The van der Waals surface area contributed by atoms with Crippen molar-refractivity contribution >= 4 is 15.9 Å². The summed E-state index contributed by atoms with van der Waals surface area (Å²) in [4.78, 5) is 0. The van der Waals surface area contributed by atoms with Crippen molar-refractivity contribution in [3.05, 3.63) is 34.3 Å². The van der Waals surface area contributed by atoms with Crippen LogP contribution in [-0.2, 0) is 6.42 Å². The van der Waals surface area contributed by atoms with Crippen LogP contribution in [0.25, 0.3) is 0 Å². The zero-order valence-electron chi connectivity index (χ0n) is 9.88. The first-order chi connectivity index (χ1) is 7.59. The molecular formula is C14H20BrN. The third kappa shape index (κ3) is 2.86. The molecule has 1 fully saturated rings. The summed E-state index contributed by atoms with van der Waals surface area (Å²) in [6.07, 6.45) is 5.95. The summed E-state index contributed by atoms with van der Waals surface area (Å²) >= 11 is 3.61. The minimum absolute atomic E-state index is 0.0154. The second-order valence-corrected chi connectivity index (χ2v) is 6.19. The van der Waals surface area contributed by atoms with Gasteiger partial charge < -0.3 is 5.73 Å². The molecule has 0 saturated heterocycles. The van der Waals surface area contributed by atoms with Gasteiger partial charge in [-0.15, -0.1) is 0 Å². The Balaban J connectivity index is 2.11. The Morgan fingerprint density at radius 3 is 2.88 bits per heavy atom. The molecule has 2 heteroatoms. The van der Waals surface area contributed by atoms with E-state index in [0.717, 1.165) is 18.8 Å². The number of rotatable bonds is 2. The Morgan fingerprint density at radius 1 is 1.44 bits per heavy atom. The minimum atomic E-state index is 0.0154. The third-order valence-corrected chi connectivity index (χ3v) is 4.40. The number of halogens is 1. The average Bonchev–Trinajstić information content (AvgIpc) is 2.21. The lowest BCUT2D eigenvalue weighted by Crippen LogP contribution is -2.45. The largest absolute Gasteiger partial charge is 0.325 e. The smallest absolute Gasteiger partial charge is 0.0207 e.